The minimum Gasteiger partial charge on any atom is -0.344 e. The van der Waals surface area contributed by atoms with Gasteiger partial charge in [-0.25, -0.2) is 0 Å². The largest absolute Gasteiger partial charge is 0.344 e. The topological polar surface area (TPSA) is 8.17 Å². The van der Waals surface area contributed by atoms with Crippen LogP contribution in [0.2, 0.25) is 0 Å². The lowest BCUT2D eigenvalue weighted by Crippen LogP contribution is -2.35. The fourth-order valence-electron chi connectivity index (χ4n) is 4.25. The average molecular weight is 347 g/mol. The second-order valence-corrected chi connectivity index (χ2v) is 8.21. The zero-order valence-corrected chi connectivity index (χ0v) is 16.5. The van der Waals surface area contributed by atoms with Gasteiger partial charge in [-0.1, -0.05) is 50.2 Å². The van der Waals surface area contributed by atoms with Crippen LogP contribution in [0.1, 0.15) is 49.1 Å². The molecule has 1 aliphatic rings. The molecule has 2 nitrogen and oxygen atoms in total. The maximum Gasteiger partial charge on any atom is 0.0486 e. The highest BCUT2D eigenvalue weighted by atomic mass is 15.1. The maximum atomic E-state index is 2.60. The molecule has 0 saturated heterocycles. The molecule has 1 atom stereocenters. The number of hydrogen-bond acceptors (Lipinski definition) is 1. The maximum absolute atomic E-state index is 2.60. The van der Waals surface area contributed by atoms with E-state index in [0.717, 1.165) is 25.9 Å². The van der Waals surface area contributed by atoms with E-state index < -0.39 is 0 Å². The molecule has 0 saturated carbocycles. The van der Waals surface area contributed by atoms with Gasteiger partial charge in [0.25, 0.3) is 0 Å². The summed E-state index contributed by atoms with van der Waals surface area (Å²) in [5.74, 6) is 0.572. The highest BCUT2D eigenvalue weighted by molar-refractivity contribution is 5.86. The lowest BCUT2D eigenvalue weighted by molar-refractivity contribution is 0.228. The van der Waals surface area contributed by atoms with Crippen LogP contribution >= 0.6 is 0 Å². The van der Waals surface area contributed by atoms with Crippen molar-refractivity contribution in [2.45, 2.75) is 58.7 Å². The highest BCUT2D eigenvalue weighted by Crippen LogP contribution is 2.34. The lowest BCUT2D eigenvalue weighted by atomic mass is 9.97. The van der Waals surface area contributed by atoms with Gasteiger partial charge in [-0.15, -0.1) is 0 Å². The fourth-order valence-corrected chi connectivity index (χ4v) is 4.25. The summed E-state index contributed by atoms with van der Waals surface area (Å²) >= 11 is 0. The van der Waals surface area contributed by atoms with E-state index >= 15 is 0 Å². The van der Waals surface area contributed by atoms with Crippen LogP contribution in [0, 0.1) is 0 Å². The smallest absolute Gasteiger partial charge is 0.0486 e. The Labute approximate surface area is 157 Å². The van der Waals surface area contributed by atoms with Crippen LogP contribution in [0.3, 0.4) is 0 Å². The van der Waals surface area contributed by atoms with Crippen molar-refractivity contribution in [3.8, 4) is 0 Å². The SMILES string of the molecule is CC(C)c1ccc2c(c1)c1c(n2CCc2ccccc2)CC(C)N(C)C1. The first kappa shape index (κ1) is 17.4. The summed E-state index contributed by atoms with van der Waals surface area (Å²) in [6.45, 7) is 9.05. The Kier molecular flexibility index (Phi) is 4.62. The average Bonchev–Trinajstić information content (AvgIpc) is 2.93. The van der Waals surface area contributed by atoms with Gasteiger partial charge < -0.3 is 4.57 Å². The van der Waals surface area contributed by atoms with Crippen molar-refractivity contribution in [3.05, 3.63) is 70.9 Å². The number of benzene rings is 2. The van der Waals surface area contributed by atoms with E-state index in [0.29, 0.717) is 12.0 Å². The molecule has 4 rings (SSSR count). The van der Waals surface area contributed by atoms with E-state index in [1.165, 1.54) is 22.0 Å². The summed E-state index contributed by atoms with van der Waals surface area (Å²) in [6, 6.07) is 18.6. The lowest BCUT2D eigenvalue weighted by Gasteiger charge is -2.31. The number of likely N-dealkylation sites (N-methyl/N-ethyl adjacent to an activating group) is 1. The molecule has 0 bridgehead atoms. The van der Waals surface area contributed by atoms with Crippen molar-refractivity contribution in [1.82, 2.24) is 9.47 Å². The van der Waals surface area contributed by atoms with E-state index in [2.05, 4.69) is 85.8 Å². The molecule has 0 radical (unpaired) electrons. The molecule has 136 valence electrons. The predicted molar refractivity (Wildman–Crippen MR) is 111 cm³/mol. The van der Waals surface area contributed by atoms with Gasteiger partial charge in [0.05, 0.1) is 0 Å². The van der Waals surface area contributed by atoms with Crippen molar-refractivity contribution in [2.75, 3.05) is 7.05 Å². The predicted octanol–water partition coefficient (Wildman–Crippen LogP) is 5.38. The Bertz CT molecular complexity index is 905. The fraction of sp³-hybridized carbons (Fsp3) is 0.417. The van der Waals surface area contributed by atoms with Gasteiger partial charge in [-0.2, -0.15) is 0 Å². The van der Waals surface area contributed by atoms with Crippen molar-refractivity contribution in [1.29, 1.82) is 0 Å². The first-order valence-corrected chi connectivity index (χ1v) is 9.92. The zero-order valence-electron chi connectivity index (χ0n) is 16.5. The zero-order chi connectivity index (χ0) is 18.3. The van der Waals surface area contributed by atoms with Gasteiger partial charge in [-0.05, 0) is 55.1 Å². The molecule has 0 amide bonds. The van der Waals surface area contributed by atoms with Gasteiger partial charge in [0.15, 0.2) is 0 Å². The van der Waals surface area contributed by atoms with E-state index in [1.807, 2.05) is 0 Å². The standard InChI is InChI=1S/C24H30N2/c1-17(2)20-10-11-23-21(15-20)22-16-25(4)18(3)14-24(22)26(23)13-12-19-8-6-5-7-9-19/h5-11,15,17-18H,12-14,16H2,1-4H3. The van der Waals surface area contributed by atoms with Gasteiger partial charge in [0.1, 0.15) is 0 Å². The summed E-state index contributed by atoms with van der Waals surface area (Å²) in [5.41, 5.74) is 7.39. The van der Waals surface area contributed by atoms with Crippen molar-refractivity contribution >= 4 is 10.9 Å². The summed E-state index contributed by atoms with van der Waals surface area (Å²) in [7, 11) is 2.26. The monoisotopic (exact) mass is 346 g/mol. The molecule has 1 unspecified atom stereocenters. The summed E-state index contributed by atoms with van der Waals surface area (Å²) in [5, 5.41) is 1.47. The van der Waals surface area contributed by atoms with Crippen LogP contribution < -0.4 is 0 Å². The molecule has 0 spiro atoms. The molecule has 0 aliphatic carbocycles. The van der Waals surface area contributed by atoms with E-state index in [4.69, 9.17) is 0 Å². The second-order valence-electron chi connectivity index (χ2n) is 8.21. The molecule has 2 heteroatoms. The molecule has 3 aromatic rings. The molecule has 1 aliphatic heterocycles. The summed E-state index contributed by atoms with van der Waals surface area (Å²) < 4.78 is 2.60. The van der Waals surface area contributed by atoms with Crippen molar-refractivity contribution in [2.24, 2.45) is 0 Å². The number of aromatic nitrogens is 1. The van der Waals surface area contributed by atoms with E-state index in [1.54, 1.807) is 11.3 Å². The number of aryl methyl sites for hydroxylation is 2. The van der Waals surface area contributed by atoms with Crippen LogP contribution in [0.15, 0.2) is 48.5 Å². The van der Waals surface area contributed by atoms with Crippen LogP contribution in [-0.4, -0.2) is 22.6 Å². The quantitative estimate of drug-likeness (QED) is 0.615. The molecule has 0 fully saturated rings. The van der Waals surface area contributed by atoms with Gasteiger partial charge in [0, 0.05) is 42.1 Å². The Morgan fingerprint density at radius 2 is 1.85 bits per heavy atom. The number of nitrogens with zero attached hydrogens (tertiary/aromatic N) is 2. The van der Waals surface area contributed by atoms with Crippen molar-refractivity contribution in [3.63, 3.8) is 0 Å². The molecule has 26 heavy (non-hydrogen) atoms. The first-order valence-electron chi connectivity index (χ1n) is 9.92. The van der Waals surface area contributed by atoms with Crippen LogP contribution in [0.25, 0.3) is 10.9 Å². The van der Waals surface area contributed by atoms with Crippen LogP contribution in [0.4, 0.5) is 0 Å². The van der Waals surface area contributed by atoms with Gasteiger partial charge in [0.2, 0.25) is 0 Å². The normalized spacial score (nSPS) is 17.8. The van der Waals surface area contributed by atoms with E-state index in [9.17, 15) is 0 Å². The Balaban J connectivity index is 1.79. The Morgan fingerprint density at radius 1 is 1.08 bits per heavy atom. The Hall–Kier alpha value is -2.06. The molecule has 2 aromatic carbocycles. The summed E-state index contributed by atoms with van der Waals surface area (Å²) in [6.07, 6.45) is 2.24. The number of fused-ring (bicyclic) bond motifs is 3. The van der Waals surface area contributed by atoms with Gasteiger partial charge in [-0.3, -0.25) is 4.90 Å². The van der Waals surface area contributed by atoms with Crippen LogP contribution in [0.5, 0.6) is 0 Å². The molecule has 0 N–H and O–H groups in total. The van der Waals surface area contributed by atoms with Crippen LogP contribution in [-0.2, 0) is 25.9 Å². The van der Waals surface area contributed by atoms with Gasteiger partial charge >= 0.3 is 0 Å². The molecule has 2 heterocycles. The second kappa shape index (κ2) is 6.92. The third-order valence-electron chi connectivity index (χ3n) is 6.09. The third-order valence-corrected chi connectivity index (χ3v) is 6.09. The number of rotatable bonds is 4. The summed E-state index contributed by atoms with van der Waals surface area (Å²) in [4.78, 5) is 2.49. The minimum atomic E-state index is 0.572. The number of hydrogen-bond donors (Lipinski definition) is 0. The molecule has 1 aromatic heterocycles. The van der Waals surface area contributed by atoms with E-state index in [-0.39, 0.29) is 0 Å². The Morgan fingerprint density at radius 3 is 2.58 bits per heavy atom. The molecular formula is C24H30N2. The molecular weight excluding hydrogens is 316 g/mol. The first-order chi connectivity index (χ1) is 12.5. The third kappa shape index (κ3) is 3.07. The highest BCUT2D eigenvalue weighted by Gasteiger charge is 2.26. The van der Waals surface area contributed by atoms with Crippen molar-refractivity contribution < 1.29 is 0 Å². The minimum absolute atomic E-state index is 0.572.